The van der Waals surface area contributed by atoms with Gasteiger partial charge in [0.1, 0.15) is 17.6 Å². The average molecular weight is 289 g/mol. The zero-order valence-electron chi connectivity index (χ0n) is 10.9. The summed E-state index contributed by atoms with van der Waals surface area (Å²) in [6, 6.07) is 9.51. The van der Waals surface area contributed by atoms with E-state index >= 15 is 0 Å². The van der Waals surface area contributed by atoms with E-state index in [1.165, 1.54) is 24.1 Å². The number of hydrogen-bond donors (Lipinski definition) is 0. The van der Waals surface area contributed by atoms with E-state index in [1.54, 1.807) is 12.1 Å². The Bertz CT molecular complexity index is 756. The minimum absolute atomic E-state index is 0.235. The third-order valence-corrected chi connectivity index (χ3v) is 2.94. The molecule has 0 radical (unpaired) electrons. The number of benzene rings is 2. The smallest absolute Gasteiger partial charge is 0.328 e. The van der Waals surface area contributed by atoms with Gasteiger partial charge in [0.25, 0.3) is 0 Å². The zero-order chi connectivity index (χ0) is 15.6. The summed E-state index contributed by atoms with van der Waals surface area (Å²) in [7, 11) is 1.40. The summed E-state index contributed by atoms with van der Waals surface area (Å²) in [5.74, 6) is -2.20. The quantitative estimate of drug-likeness (QED) is 0.640. The maximum atomic E-state index is 13.6. The van der Waals surface area contributed by atoms with Crippen molar-refractivity contribution < 1.29 is 13.7 Å². The molecule has 0 aromatic heterocycles. The number of nitriles is 1. The van der Waals surface area contributed by atoms with Gasteiger partial charge in [0, 0.05) is 19.2 Å². The first-order chi connectivity index (χ1) is 9.95. The van der Waals surface area contributed by atoms with Crippen LogP contribution in [0.25, 0.3) is 0 Å². The molecule has 2 rings (SSSR count). The largest absolute Gasteiger partial charge is 0.338 e. The lowest BCUT2D eigenvalue weighted by molar-refractivity contribution is -0.386. The normalized spacial score (nSPS) is 10.0. The maximum absolute atomic E-state index is 13.6. The number of nitrogens with zero attached hydrogens (tertiary/aromatic N) is 3. The van der Waals surface area contributed by atoms with Crippen LogP contribution in [0.1, 0.15) is 5.56 Å². The topological polar surface area (TPSA) is 70.2 Å². The molecule has 0 fully saturated rings. The number of anilines is 2. The van der Waals surface area contributed by atoms with Gasteiger partial charge in [-0.3, -0.25) is 10.1 Å². The molecular formula is C14H9F2N3O2. The number of halogens is 2. The fourth-order valence-electron chi connectivity index (χ4n) is 1.98. The van der Waals surface area contributed by atoms with Gasteiger partial charge in [0.2, 0.25) is 5.82 Å². The molecule has 0 amide bonds. The Hall–Kier alpha value is -3.01. The van der Waals surface area contributed by atoms with Crippen LogP contribution >= 0.6 is 0 Å². The van der Waals surface area contributed by atoms with Crippen LogP contribution < -0.4 is 4.90 Å². The van der Waals surface area contributed by atoms with Crippen molar-refractivity contribution in [3.05, 3.63) is 63.7 Å². The van der Waals surface area contributed by atoms with Crippen molar-refractivity contribution in [2.75, 3.05) is 11.9 Å². The van der Waals surface area contributed by atoms with Gasteiger partial charge < -0.3 is 4.90 Å². The Morgan fingerprint density at radius 1 is 1.24 bits per heavy atom. The summed E-state index contributed by atoms with van der Waals surface area (Å²) >= 11 is 0. The van der Waals surface area contributed by atoms with Crippen molar-refractivity contribution in [3.8, 4) is 6.07 Å². The molecule has 2 aromatic carbocycles. The van der Waals surface area contributed by atoms with Crippen LogP contribution in [-0.2, 0) is 0 Å². The van der Waals surface area contributed by atoms with Crippen LogP contribution in [0.5, 0.6) is 0 Å². The lowest BCUT2D eigenvalue weighted by Gasteiger charge is -2.20. The van der Waals surface area contributed by atoms with E-state index in [0.717, 1.165) is 6.07 Å². The van der Waals surface area contributed by atoms with Crippen LogP contribution in [-0.4, -0.2) is 12.0 Å². The molecule has 2 aromatic rings. The van der Waals surface area contributed by atoms with Crippen molar-refractivity contribution >= 4 is 17.1 Å². The van der Waals surface area contributed by atoms with Gasteiger partial charge in [-0.2, -0.15) is 9.65 Å². The number of rotatable bonds is 3. The van der Waals surface area contributed by atoms with Gasteiger partial charge in [-0.25, -0.2) is 4.39 Å². The summed E-state index contributed by atoms with van der Waals surface area (Å²) in [6.07, 6.45) is 0. The third-order valence-electron chi connectivity index (χ3n) is 2.94. The molecule has 0 atom stereocenters. The van der Waals surface area contributed by atoms with Crippen LogP contribution in [0.2, 0.25) is 0 Å². The highest BCUT2D eigenvalue weighted by Crippen LogP contribution is 2.36. The molecule has 0 aliphatic heterocycles. The fraction of sp³-hybridized carbons (Fsp3) is 0.0714. The summed E-state index contributed by atoms with van der Waals surface area (Å²) in [4.78, 5) is 11.3. The minimum Gasteiger partial charge on any atom is -0.338 e. The monoisotopic (exact) mass is 289 g/mol. The number of para-hydroxylation sites is 1. The maximum Gasteiger partial charge on any atom is 0.328 e. The van der Waals surface area contributed by atoms with Crippen LogP contribution in [0.15, 0.2) is 36.4 Å². The molecule has 0 aliphatic carbocycles. The Labute approximate surface area is 118 Å². The Morgan fingerprint density at radius 3 is 2.52 bits per heavy atom. The van der Waals surface area contributed by atoms with Crippen LogP contribution in [0.4, 0.5) is 25.8 Å². The van der Waals surface area contributed by atoms with Gasteiger partial charge in [0.05, 0.1) is 16.2 Å². The highest BCUT2D eigenvalue weighted by Gasteiger charge is 2.26. The first-order valence-corrected chi connectivity index (χ1v) is 5.82. The second kappa shape index (κ2) is 5.54. The van der Waals surface area contributed by atoms with Gasteiger partial charge in [-0.1, -0.05) is 12.1 Å². The summed E-state index contributed by atoms with van der Waals surface area (Å²) in [5.41, 5.74) is -0.557. The van der Waals surface area contributed by atoms with E-state index in [4.69, 9.17) is 5.26 Å². The molecule has 0 saturated heterocycles. The SMILES string of the molecule is CN(c1ccccc1C#N)c1cc(F)cc(F)c1[N+](=O)[O-]. The van der Waals surface area contributed by atoms with Gasteiger partial charge in [0.15, 0.2) is 0 Å². The molecule has 0 spiro atoms. The zero-order valence-corrected chi connectivity index (χ0v) is 10.9. The number of nitro benzene ring substituents is 1. The Kier molecular flexibility index (Phi) is 3.80. The molecule has 21 heavy (non-hydrogen) atoms. The molecular weight excluding hydrogens is 280 g/mol. The van der Waals surface area contributed by atoms with E-state index in [9.17, 15) is 18.9 Å². The van der Waals surface area contributed by atoms with E-state index in [0.29, 0.717) is 11.8 Å². The van der Waals surface area contributed by atoms with Crippen LogP contribution in [0, 0.1) is 33.1 Å². The molecule has 0 aliphatic rings. The summed E-state index contributed by atoms with van der Waals surface area (Å²) in [6.45, 7) is 0. The average Bonchev–Trinajstić information content (AvgIpc) is 2.45. The predicted molar refractivity (Wildman–Crippen MR) is 72.2 cm³/mol. The highest BCUT2D eigenvalue weighted by atomic mass is 19.1. The van der Waals surface area contributed by atoms with Gasteiger partial charge in [-0.15, -0.1) is 0 Å². The van der Waals surface area contributed by atoms with Crippen molar-refractivity contribution in [1.29, 1.82) is 5.26 Å². The van der Waals surface area contributed by atoms with Crippen molar-refractivity contribution in [2.45, 2.75) is 0 Å². The molecule has 106 valence electrons. The molecule has 0 N–H and O–H groups in total. The Morgan fingerprint density at radius 2 is 1.90 bits per heavy atom. The molecule has 0 saturated carbocycles. The van der Waals surface area contributed by atoms with Gasteiger partial charge in [-0.05, 0) is 12.1 Å². The van der Waals surface area contributed by atoms with Crippen molar-refractivity contribution in [3.63, 3.8) is 0 Å². The Balaban J connectivity index is 2.66. The minimum atomic E-state index is -1.27. The predicted octanol–water partition coefficient (Wildman–Crippen LogP) is 3.51. The van der Waals surface area contributed by atoms with Crippen molar-refractivity contribution in [1.82, 2.24) is 0 Å². The summed E-state index contributed by atoms with van der Waals surface area (Å²) < 4.78 is 27.0. The lowest BCUT2D eigenvalue weighted by Crippen LogP contribution is -2.14. The standard InChI is InChI=1S/C14H9F2N3O2/c1-18(12-5-3-2-4-9(12)8-17)13-7-10(15)6-11(16)14(13)19(20)21/h2-7H,1H3. The number of nitro groups is 1. The first-order valence-electron chi connectivity index (χ1n) is 5.82. The second-order valence-corrected chi connectivity index (χ2v) is 4.20. The van der Waals surface area contributed by atoms with Crippen LogP contribution in [0.3, 0.4) is 0 Å². The third kappa shape index (κ3) is 2.65. The fourth-order valence-corrected chi connectivity index (χ4v) is 1.98. The molecule has 0 bridgehead atoms. The van der Waals surface area contributed by atoms with E-state index in [2.05, 4.69) is 0 Å². The second-order valence-electron chi connectivity index (χ2n) is 4.20. The molecule has 7 heteroatoms. The summed E-state index contributed by atoms with van der Waals surface area (Å²) in [5, 5.41) is 20.0. The van der Waals surface area contributed by atoms with Gasteiger partial charge >= 0.3 is 5.69 Å². The highest BCUT2D eigenvalue weighted by molar-refractivity contribution is 5.75. The lowest BCUT2D eigenvalue weighted by atomic mass is 10.1. The first kappa shape index (κ1) is 14.4. The molecule has 0 heterocycles. The number of hydrogen-bond acceptors (Lipinski definition) is 4. The van der Waals surface area contributed by atoms with Crippen molar-refractivity contribution in [2.24, 2.45) is 0 Å². The van der Waals surface area contributed by atoms with E-state index in [1.807, 2.05) is 6.07 Å². The van der Waals surface area contributed by atoms with E-state index in [-0.39, 0.29) is 11.3 Å². The van der Waals surface area contributed by atoms with E-state index < -0.39 is 22.2 Å². The molecule has 5 nitrogen and oxygen atoms in total. The molecule has 0 unspecified atom stereocenters.